The van der Waals surface area contributed by atoms with Crippen LogP contribution in [0.1, 0.15) is 26.3 Å². The first-order chi connectivity index (χ1) is 11.4. The van der Waals surface area contributed by atoms with E-state index in [0.29, 0.717) is 21.9 Å². The van der Waals surface area contributed by atoms with Crippen molar-refractivity contribution in [1.82, 2.24) is 10.3 Å². The van der Waals surface area contributed by atoms with Crippen LogP contribution in [-0.2, 0) is 0 Å². The number of nitrogens with zero attached hydrogens (tertiary/aromatic N) is 2. The molecule has 2 rings (SSSR count). The number of phenols is 1. The van der Waals surface area contributed by atoms with Crippen LogP contribution in [0.3, 0.4) is 0 Å². The number of rotatable bonds is 5. The Kier molecular flexibility index (Phi) is 5.70. The highest BCUT2D eigenvalue weighted by molar-refractivity contribution is 7.22. The molecule has 2 aromatic rings. The average molecular weight is 344 g/mol. The van der Waals surface area contributed by atoms with Crippen LogP contribution in [0, 0.1) is 0 Å². The molecular weight excluding hydrogens is 324 g/mol. The molecule has 1 heterocycles. The van der Waals surface area contributed by atoms with Crippen LogP contribution in [0.2, 0.25) is 0 Å². The second kappa shape index (κ2) is 7.74. The first-order valence-electron chi connectivity index (χ1n) is 7.47. The predicted octanol–water partition coefficient (Wildman–Crippen LogP) is 4.15. The molecule has 1 aromatic heterocycles. The maximum atomic E-state index is 11.6. The van der Waals surface area contributed by atoms with Crippen molar-refractivity contribution in [1.29, 1.82) is 0 Å². The quantitative estimate of drug-likeness (QED) is 0.562. The van der Waals surface area contributed by atoms with Gasteiger partial charge in [0.05, 0.1) is 10.2 Å². The number of nitrogens with one attached hydrogen (secondary N) is 2. The van der Waals surface area contributed by atoms with Gasteiger partial charge in [-0.3, -0.25) is 10.3 Å². The lowest BCUT2D eigenvalue weighted by Gasteiger charge is -2.03. The molecule has 0 radical (unpaired) electrons. The predicted molar refractivity (Wildman–Crippen MR) is 101 cm³/mol. The molecular formula is C17H20N4O2S. The molecule has 0 fully saturated rings. The van der Waals surface area contributed by atoms with Crippen LogP contribution < -0.4 is 10.6 Å². The number of allylic oxidation sites excluding steroid dienone is 2. The molecule has 0 aliphatic carbocycles. The molecule has 6 nitrogen and oxygen atoms in total. The topological polar surface area (TPSA) is 86.6 Å². The number of aliphatic imine (C=N–C) groups is 1. The minimum Gasteiger partial charge on any atom is -0.506 e. The summed E-state index contributed by atoms with van der Waals surface area (Å²) in [6.07, 6.45) is 3.37. The number of aromatic hydroxyl groups is 1. The van der Waals surface area contributed by atoms with Crippen molar-refractivity contribution in [2.45, 2.75) is 20.8 Å². The number of phenolic OH excluding ortho intramolecular Hbond substituents is 1. The van der Waals surface area contributed by atoms with Gasteiger partial charge in [-0.2, -0.15) is 0 Å². The van der Waals surface area contributed by atoms with Gasteiger partial charge in [0, 0.05) is 18.5 Å². The number of fused-ring (bicyclic) bond motifs is 1. The van der Waals surface area contributed by atoms with E-state index < -0.39 is 0 Å². The van der Waals surface area contributed by atoms with Crippen LogP contribution in [0.15, 0.2) is 36.0 Å². The zero-order chi connectivity index (χ0) is 17.7. The van der Waals surface area contributed by atoms with E-state index in [9.17, 15) is 9.90 Å². The molecule has 3 N–H and O–H groups in total. The summed E-state index contributed by atoms with van der Waals surface area (Å²) in [6.45, 7) is 9.95. The van der Waals surface area contributed by atoms with Crippen molar-refractivity contribution in [3.05, 3.63) is 36.6 Å². The molecule has 24 heavy (non-hydrogen) atoms. The lowest BCUT2D eigenvalue weighted by molar-refractivity contribution is 0.252. The number of carbonyl (C=O) groups excluding carboxylic acids is 1. The smallest absolute Gasteiger partial charge is 0.321 e. The number of urea groups is 1. The highest BCUT2D eigenvalue weighted by Crippen LogP contribution is 2.36. The van der Waals surface area contributed by atoms with E-state index in [2.05, 4.69) is 27.2 Å². The van der Waals surface area contributed by atoms with Gasteiger partial charge in [-0.15, -0.1) is 0 Å². The van der Waals surface area contributed by atoms with Crippen molar-refractivity contribution >= 4 is 44.0 Å². The fraction of sp³-hybridized carbons (Fsp3) is 0.235. The Balaban J connectivity index is 2.42. The Morgan fingerprint density at radius 3 is 2.83 bits per heavy atom. The van der Waals surface area contributed by atoms with Gasteiger partial charge in [-0.1, -0.05) is 24.0 Å². The van der Waals surface area contributed by atoms with Crippen molar-refractivity contribution in [2.75, 3.05) is 11.9 Å². The SMILES string of the molecule is C=C/C(=C\N=C(C)C)c1cc(O)c2sc(NC(=O)NCC)nc2c1. The third-order valence-corrected chi connectivity index (χ3v) is 4.05. The standard InChI is InChI=1S/C17H20N4O2S/c1-5-11(9-19-10(3)4)12-7-13-15(14(22)8-12)24-17(20-13)21-16(23)18-6-2/h5,7-9,22H,1,6H2,2-4H3,(H2,18,20,21,23)/b11-9+. The molecule has 2 amide bonds. The van der Waals surface area contributed by atoms with Crippen molar-refractivity contribution in [3.8, 4) is 5.75 Å². The molecule has 0 atom stereocenters. The Labute approximate surface area is 144 Å². The highest BCUT2D eigenvalue weighted by Gasteiger charge is 2.12. The van der Waals surface area contributed by atoms with E-state index in [1.54, 1.807) is 18.3 Å². The summed E-state index contributed by atoms with van der Waals surface area (Å²) in [7, 11) is 0. The van der Waals surface area contributed by atoms with E-state index in [-0.39, 0.29) is 11.8 Å². The van der Waals surface area contributed by atoms with Crippen molar-refractivity contribution in [3.63, 3.8) is 0 Å². The highest BCUT2D eigenvalue weighted by atomic mass is 32.1. The summed E-state index contributed by atoms with van der Waals surface area (Å²) in [6, 6.07) is 3.16. The maximum absolute atomic E-state index is 11.6. The van der Waals surface area contributed by atoms with E-state index in [1.807, 2.05) is 26.8 Å². The normalized spacial score (nSPS) is 11.2. The molecule has 0 aliphatic rings. The van der Waals surface area contributed by atoms with E-state index in [4.69, 9.17) is 0 Å². The van der Waals surface area contributed by atoms with E-state index >= 15 is 0 Å². The van der Waals surface area contributed by atoms with Crippen LogP contribution in [0.25, 0.3) is 15.8 Å². The number of amides is 2. The fourth-order valence-corrected chi connectivity index (χ4v) is 2.83. The minimum absolute atomic E-state index is 0.105. The number of carbonyl (C=O) groups is 1. The van der Waals surface area contributed by atoms with E-state index in [1.165, 1.54) is 11.3 Å². The molecule has 0 aliphatic heterocycles. The number of hydrogen-bond donors (Lipinski definition) is 3. The number of aromatic nitrogens is 1. The Morgan fingerprint density at radius 1 is 1.46 bits per heavy atom. The number of hydrogen-bond acceptors (Lipinski definition) is 5. The van der Waals surface area contributed by atoms with Crippen molar-refractivity contribution in [2.24, 2.45) is 4.99 Å². The van der Waals surface area contributed by atoms with Crippen LogP contribution in [-0.4, -0.2) is 28.4 Å². The first kappa shape index (κ1) is 17.7. The summed E-state index contributed by atoms with van der Waals surface area (Å²) in [5.74, 6) is 0.105. The molecule has 0 unspecified atom stereocenters. The molecule has 0 saturated heterocycles. The van der Waals surface area contributed by atoms with Gasteiger partial charge in [0.2, 0.25) is 0 Å². The maximum Gasteiger partial charge on any atom is 0.321 e. The minimum atomic E-state index is -0.323. The summed E-state index contributed by atoms with van der Waals surface area (Å²) >= 11 is 1.22. The van der Waals surface area contributed by atoms with Gasteiger partial charge in [-0.05, 0) is 44.0 Å². The first-order valence-corrected chi connectivity index (χ1v) is 8.28. The second-order valence-electron chi connectivity index (χ2n) is 5.21. The molecule has 0 bridgehead atoms. The van der Waals surface area contributed by atoms with Gasteiger partial charge < -0.3 is 10.4 Å². The van der Waals surface area contributed by atoms with Crippen LogP contribution in [0.4, 0.5) is 9.93 Å². The summed E-state index contributed by atoms with van der Waals surface area (Å²) in [5, 5.41) is 16.0. The molecule has 1 aromatic carbocycles. The lowest BCUT2D eigenvalue weighted by Crippen LogP contribution is -2.28. The number of anilines is 1. The Bertz CT molecular complexity index is 832. The largest absolute Gasteiger partial charge is 0.506 e. The Hall–Kier alpha value is -2.67. The molecule has 0 saturated carbocycles. The van der Waals surface area contributed by atoms with Gasteiger partial charge in [0.15, 0.2) is 5.13 Å². The monoisotopic (exact) mass is 344 g/mol. The summed E-state index contributed by atoms with van der Waals surface area (Å²) in [5.41, 5.74) is 3.06. The zero-order valence-electron chi connectivity index (χ0n) is 13.9. The lowest BCUT2D eigenvalue weighted by atomic mass is 10.1. The van der Waals surface area contributed by atoms with Gasteiger partial charge in [0.25, 0.3) is 0 Å². The van der Waals surface area contributed by atoms with Crippen molar-refractivity contribution < 1.29 is 9.90 Å². The van der Waals surface area contributed by atoms with Gasteiger partial charge in [0.1, 0.15) is 5.75 Å². The van der Waals surface area contributed by atoms with Crippen LogP contribution >= 0.6 is 11.3 Å². The number of benzene rings is 1. The second-order valence-corrected chi connectivity index (χ2v) is 6.21. The summed E-state index contributed by atoms with van der Waals surface area (Å²) in [4.78, 5) is 20.2. The number of thiazole rings is 1. The third kappa shape index (κ3) is 4.20. The summed E-state index contributed by atoms with van der Waals surface area (Å²) < 4.78 is 0.615. The fourth-order valence-electron chi connectivity index (χ4n) is 1.98. The van der Waals surface area contributed by atoms with Gasteiger partial charge >= 0.3 is 6.03 Å². The average Bonchev–Trinajstić information content (AvgIpc) is 2.90. The third-order valence-electron chi connectivity index (χ3n) is 3.04. The molecule has 7 heteroatoms. The molecule has 0 spiro atoms. The Morgan fingerprint density at radius 2 is 2.21 bits per heavy atom. The van der Waals surface area contributed by atoms with Crippen LogP contribution in [0.5, 0.6) is 5.75 Å². The zero-order valence-corrected chi connectivity index (χ0v) is 14.7. The van der Waals surface area contributed by atoms with E-state index in [0.717, 1.165) is 16.8 Å². The van der Waals surface area contributed by atoms with Gasteiger partial charge in [-0.25, -0.2) is 9.78 Å². The molecule has 126 valence electrons.